The van der Waals surface area contributed by atoms with Gasteiger partial charge < -0.3 is 0 Å². The fourth-order valence-electron chi connectivity index (χ4n) is 0.935. The van der Waals surface area contributed by atoms with Gasteiger partial charge in [0, 0.05) is 0 Å². The Kier molecular flexibility index (Phi) is 4.19. The van der Waals surface area contributed by atoms with Crippen molar-refractivity contribution in [1.29, 1.82) is 0 Å². The van der Waals surface area contributed by atoms with Gasteiger partial charge in [0.2, 0.25) is 0 Å². The van der Waals surface area contributed by atoms with Gasteiger partial charge in [-0.2, -0.15) is 0 Å². The lowest BCUT2D eigenvalue weighted by Gasteiger charge is -1.82. The van der Waals surface area contributed by atoms with Crippen molar-refractivity contribution >= 4 is 0 Å². The lowest BCUT2D eigenvalue weighted by atomic mass is 10.2. The third-order valence-electron chi connectivity index (χ3n) is 1.54. The molecule has 0 spiro atoms. The van der Waals surface area contributed by atoms with Crippen molar-refractivity contribution in [2.45, 2.75) is 19.3 Å². The second-order valence-corrected chi connectivity index (χ2v) is 2.53. The van der Waals surface area contributed by atoms with Crippen molar-refractivity contribution in [3.8, 4) is 0 Å². The summed E-state index contributed by atoms with van der Waals surface area (Å²) >= 11 is 0. The molecule has 0 heteroatoms. The van der Waals surface area contributed by atoms with Gasteiger partial charge in [-0.3, -0.25) is 0 Å². The summed E-state index contributed by atoms with van der Waals surface area (Å²) in [5, 5.41) is 0. The average Bonchev–Trinajstić information content (AvgIpc) is 2.08. The zero-order chi connectivity index (χ0) is 7.78. The molecule has 0 radical (unpaired) electrons. The van der Waals surface area contributed by atoms with Crippen LogP contribution in [0.15, 0.2) is 48.6 Å². The zero-order valence-electron chi connectivity index (χ0n) is 6.74. The Morgan fingerprint density at radius 3 is 1.55 bits per heavy atom. The molecule has 0 amide bonds. The second kappa shape index (κ2) is 5.72. The van der Waals surface area contributed by atoms with Crippen molar-refractivity contribution in [3.63, 3.8) is 0 Å². The summed E-state index contributed by atoms with van der Waals surface area (Å²) in [4.78, 5) is 0. The Hall–Kier alpha value is -1.04. The van der Waals surface area contributed by atoms with Crippen LogP contribution in [-0.4, -0.2) is 0 Å². The van der Waals surface area contributed by atoms with Crippen LogP contribution in [0.1, 0.15) is 19.3 Å². The quantitative estimate of drug-likeness (QED) is 0.491. The van der Waals surface area contributed by atoms with Crippen LogP contribution in [0.2, 0.25) is 0 Å². The number of hydrogen-bond donors (Lipinski definition) is 0. The van der Waals surface area contributed by atoms with E-state index in [4.69, 9.17) is 0 Å². The first-order valence-electron chi connectivity index (χ1n) is 4.13. The second-order valence-electron chi connectivity index (χ2n) is 2.53. The number of rotatable bonds is 0. The molecule has 0 saturated heterocycles. The Labute approximate surface area is 68.6 Å². The van der Waals surface area contributed by atoms with Crippen LogP contribution >= 0.6 is 0 Å². The Bertz CT molecular complexity index is 170. The highest BCUT2D eigenvalue weighted by Crippen LogP contribution is 1.96. The third kappa shape index (κ3) is 4.38. The van der Waals surface area contributed by atoms with Gasteiger partial charge in [0.25, 0.3) is 0 Å². The molecule has 0 aliphatic heterocycles. The van der Waals surface area contributed by atoms with Crippen molar-refractivity contribution in [3.05, 3.63) is 48.6 Å². The van der Waals surface area contributed by atoms with E-state index in [2.05, 4.69) is 48.6 Å². The summed E-state index contributed by atoms with van der Waals surface area (Å²) in [6, 6.07) is 0. The summed E-state index contributed by atoms with van der Waals surface area (Å²) in [7, 11) is 0. The summed E-state index contributed by atoms with van der Waals surface area (Å²) in [5.41, 5.74) is 0. The molecule has 0 aromatic rings. The van der Waals surface area contributed by atoms with Gasteiger partial charge in [-0.15, -0.1) is 0 Å². The van der Waals surface area contributed by atoms with Crippen molar-refractivity contribution in [2.75, 3.05) is 0 Å². The highest BCUT2D eigenvalue weighted by atomic mass is 13.8. The molecule has 0 saturated carbocycles. The molecule has 11 heavy (non-hydrogen) atoms. The maximum Gasteiger partial charge on any atom is -0.0163 e. The predicted octanol–water partition coefficient (Wildman–Crippen LogP) is 3.40. The molecule has 1 rings (SSSR count). The maximum atomic E-state index is 2.20. The maximum absolute atomic E-state index is 2.20. The highest BCUT2D eigenvalue weighted by molar-refractivity contribution is 5.10. The van der Waals surface area contributed by atoms with Crippen molar-refractivity contribution in [2.24, 2.45) is 0 Å². The Balaban J connectivity index is 2.47. The molecule has 0 N–H and O–H groups in total. The summed E-state index contributed by atoms with van der Waals surface area (Å²) < 4.78 is 0. The molecule has 0 unspecified atom stereocenters. The first-order chi connectivity index (χ1) is 5.50. The van der Waals surface area contributed by atoms with Crippen molar-refractivity contribution in [1.82, 2.24) is 0 Å². The molecule has 1 aliphatic carbocycles. The summed E-state index contributed by atoms with van der Waals surface area (Å²) in [5.74, 6) is 0. The van der Waals surface area contributed by atoms with Gasteiger partial charge in [-0.05, 0) is 19.3 Å². The average molecular weight is 146 g/mol. The summed E-state index contributed by atoms with van der Waals surface area (Å²) in [6.45, 7) is 0. The molecule has 0 aromatic heterocycles. The monoisotopic (exact) mass is 146 g/mol. The molecule has 0 nitrogen and oxygen atoms in total. The van der Waals surface area contributed by atoms with E-state index in [1.807, 2.05) is 0 Å². The van der Waals surface area contributed by atoms with E-state index >= 15 is 0 Å². The largest absolute Gasteiger partial charge is 0.0842 e. The van der Waals surface area contributed by atoms with Crippen LogP contribution in [0.4, 0.5) is 0 Å². The fourth-order valence-corrected chi connectivity index (χ4v) is 0.935. The van der Waals surface area contributed by atoms with E-state index in [0.717, 1.165) is 19.3 Å². The van der Waals surface area contributed by atoms with Gasteiger partial charge >= 0.3 is 0 Å². The van der Waals surface area contributed by atoms with Gasteiger partial charge in [0.1, 0.15) is 0 Å². The minimum atomic E-state index is 1.04. The topological polar surface area (TPSA) is 0 Å². The minimum absolute atomic E-state index is 1.04. The SMILES string of the molecule is C1=CC/C=C\C=C\CCC=C1. The smallest absolute Gasteiger partial charge is 0.0163 e. The van der Waals surface area contributed by atoms with Gasteiger partial charge in [0.05, 0.1) is 0 Å². The normalized spacial score (nSPS) is 24.0. The molecule has 1 aliphatic rings. The van der Waals surface area contributed by atoms with E-state index < -0.39 is 0 Å². The standard InChI is InChI=1S/C11H14/c1-2-4-6-8-10-11-9-7-5-3-1/h1-4,7,9-11H,5-6,8H2/b3-1-,4-2+,9-7?,11-10?. The van der Waals surface area contributed by atoms with Crippen LogP contribution in [0.3, 0.4) is 0 Å². The lowest BCUT2D eigenvalue weighted by Crippen LogP contribution is -1.61. The van der Waals surface area contributed by atoms with Crippen LogP contribution < -0.4 is 0 Å². The first kappa shape index (κ1) is 8.06. The molecule has 0 bridgehead atoms. The number of allylic oxidation sites excluding steroid dienone is 8. The van der Waals surface area contributed by atoms with E-state index in [0.29, 0.717) is 0 Å². The van der Waals surface area contributed by atoms with Crippen molar-refractivity contribution < 1.29 is 0 Å². The van der Waals surface area contributed by atoms with Crippen LogP contribution in [0.25, 0.3) is 0 Å². The molecule has 58 valence electrons. The lowest BCUT2D eigenvalue weighted by molar-refractivity contribution is 1.05. The summed E-state index contributed by atoms with van der Waals surface area (Å²) in [6.07, 6.45) is 20.5. The van der Waals surface area contributed by atoms with Gasteiger partial charge in [-0.1, -0.05) is 48.6 Å². The molecule has 0 atom stereocenters. The predicted molar refractivity (Wildman–Crippen MR) is 50.4 cm³/mol. The fraction of sp³-hybridized carbons (Fsp3) is 0.273. The van der Waals surface area contributed by atoms with Crippen LogP contribution in [0.5, 0.6) is 0 Å². The first-order valence-corrected chi connectivity index (χ1v) is 4.13. The van der Waals surface area contributed by atoms with Gasteiger partial charge in [0.15, 0.2) is 0 Å². The van der Waals surface area contributed by atoms with Gasteiger partial charge in [-0.25, -0.2) is 0 Å². The van der Waals surface area contributed by atoms with E-state index in [9.17, 15) is 0 Å². The third-order valence-corrected chi connectivity index (χ3v) is 1.54. The molecular weight excluding hydrogens is 132 g/mol. The van der Waals surface area contributed by atoms with Crippen LogP contribution in [0, 0.1) is 0 Å². The minimum Gasteiger partial charge on any atom is -0.0842 e. The molecule has 0 heterocycles. The number of hydrogen-bond acceptors (Lipinski definition) is 0. The van der Waals surface area contributed by atoms with Crippen LogP contribution in [-0.2, 0) is 0 Å². The highest BCUT2D eigenvalue weighted by Gasteiger charge is 1.76. The molecule has 0 aromatic carbocycles. The molecular formula is C11H14. The van der Waals surface area contributed by atoms with E-state index in [1.165, 1.54) is 0 Å². The molecule has 0 fully saturated rings. The Morgan fingerprint density at radius 1 is 0.545 bits per heavy atom. The Morgan fingerprint density at radius 2 is 1.00 bits per heavy atom. The zero-order valence-corrected chi connectivity index (χ0v) is 6.74. The van der Waals surface area contributed by atoms with E-state index in [1.54, 1.807) is 0 Å². The van der Waals surface area contributed by atoms with E-state index in [-0.39, 0.29) is 0 Å².